The number of pyridine rings is 1. The van der Waals surface area contributed by atoms with Crippen molar-refractivity contribution in [3.8, 4) is 5.75 Å². The van der Waals surface area contributed by atoms with Crippen LogP contribution in [0.3, 0.4) is 0 Å². The Labute approximate surface area is 288 Å². The number of amides is 3. The van der Waals surface area contributed by atoms with Crippen LogP contribution in [-0.2, 0) is 21.4 Å². The summed E-state index contributed by atoms with van der Waals surface area (Å²) in [7, 11) is 3.15. The molecule has 1 saturated heterocycles. The maximum absolute atomic E-state index is 12.7. The van der Waals surface area contributed by atoms with Crippen LogP contribution in [0.15, 0.2) is 59.5 Å². The van der Waals surface area contributed by atoms with E-state index in [2.05, 4.69) is 36.6 Å². The summed E-state index contributed by atoms with van der Waals surface area (Å²) in [4.78, 5) is 57.0. The molecule has 4 aromatic rings. The molecule has 0 radical (unpaired) electrons. The van der Waals surface area contributed by atoms with Crippen molar-refractivity contribution in [2.45, 2.75) is 50.5 Å². The Morgan fingerprint density at radius 3 is 2.51 bits per heavy atom. The number of aromatic nitrogens is 3. The molecule has 3 amide bonds. The van der Waals surface area contributed by atoms with Crippen LogP contribution in [0.1, 0.15) is 50.0 Å². The van der Waals surface area contributed by atoms with Gasteiger partial charge in [0, 0.05) is 49.9 Å². The van der Waals surface area contributed by atoms with Gasteiger partial charge >= 0.3 is 0 Å². The van der Waals surface area contributed by atoms with Gasteiger partial charge in [0.1, 0.15) is 5.02 Å². The number of halogens is 1. The van der Waals surface area contributed by atoms with E-state index in [0.29, 0.717) is 52.8 Å². The second-order valence-corrected chi connectivity index (χ2v) is 12.9. The van der Waals surface area contributed by atoms with Gasteiger partial charge in [-0.05, 0) is 80.0 Å². The van der Waals surface area contributed by atoms with E-state index in [1.54, 1.807) is 19.3 Å². The maximum atomic E-state index is 12.7. The zero-order valence-electron chi connectivity index (χ0n) is 27.3. The van der Waals surface area contributed by atoms with Gasteiger partial charge in [-0.1, -0.05) is 23.7 Å². The molecule has 1 atom stereocenters. The summed E-state index contributed by atoms with van der Waals surface area (Å²) in [6.45, 7) is 0.473. The van der Waals surface area contributed by atoms with Gasteiger partial charge < -0.3 is 30.6 Å². The number of nitrogens with zero attached hydrogens (tertiary/aromatic N) is 3. The van der Waals surface area contributed by atoms with Crippen molar-refractivity contribution in [1.82, 2.24) is 25.2 Å². The molecule has 2 aromatic carbocycles. The van der Waals surface area contributed by atoms with Crippen LogP contribution < -0.4 is 36.9 Å². The lowest BCUT2D eigenvalue weighted by molar-refractivity contribution is -0.134. The quantitative estimate of drug-likeness (QED) is 0.142. The van der Waals surface area contributed by atoms with Gasteiger partial charge in [-0.3, -0.25) is 24.5 Å². The first-order chi connectivity index (χ1) is 23.7. The number of nitrogens with one attached hydrogen (secondary N) is 5. The van der Waals surface area contributed by atoms with Crippen molar-refractivity contribution in [3.05, 3.63) is 75.7 Å². The molecule has 49 heavy (non-hydrogen) atoms. The lowest BCUT2D eigenvalue weighted by Crippen LogP contribution is -2.39. The molecule has 6 rings (SSSR count). The lowest BCUT2D eigenvalue weighted by Gasteiger charge is -2.30. The molecule has 2 aliphatic rings. The minimum Gasteiger partial charge on any atom is -0.478 e. The van der Waals surface area contributed by atoms with Crippen molar-refractivity contribution in [2.24, 2.45) is 13.0 Å². The Morgan fingerprint density at radius 1 is 1.02 bits per heavy atom. The number of rotatable bonds is 11. The monoisotopic (exact) mass is 686 g/mol. The third kappa shape index (κ3) is 8.11. The summed E-state index contributed by atoms with van der Waals surface area (Å²) < 4.78 is 6.95. The van der Waals surface area contributed by atoms with Crippen LogP contribution in [0.25, 0.3) is 10.9 Å². The van der Waals surface area contributed by atoms with E-state index in [4.69, 9.17) is 16.3 Å². The van der Waals surface area contributed by atoms with Crippen LogP contribution in [0.2, 0.25) is 5.02 Å². The predicted octanol–water partition coefficient (Wildman–Crippen LogP) is 4.45. The first-order valence-corrected chi connectivity index (χ1v) is 16.8. The van der Waals surface area contributed by atoms with Gasteiger partial charge in [-0.25, -0.2) is 4.98 Å². The molecule has 13 nitrogen and oxygen atoms in total. The van der Waals surface area contributed by atoms with Gasteiger partial charge in [-0.2, -0.15) is 4.98 Å². The summed E-state index contributed by atoms with van der Waals surface area (Å²) in [5.41, 5.74) is 3.02. The van der Waals surface area contributed by atoms with Gasteiger partial charge in [0.15, 0.2) is 18.2 Å². The van der Waals surface area contributed by atoms with E-state index < -0.39 is 0 Å². The van der Waals surface area contributed by atoms with Gasteiger partial charge in [0.25, 0.3) is 11.5 Å². The molecule has 3 heterocycles. The van der Waals surface area contributed by atoms with Crippen LogP contribution in [0, 0.1) is 5.92 Å². The number of likely N-dealkylation sites (N-methyl/N-ethyl adjacent to an activating group) is 1. The van der Waals surface area contributed by atoms with Gasteiger partial charge in [-0.15, -0.1) is 0 Å². The Hall–Kier alpha value is -5.17. The van der Waals surface area contributed by atoms with E-state index in [1.807, 2.05) is 42.5 Å². The van der Waals surface area contributed by atoms with E-state index in [9.17, 15) is 19.2 Å². The molecule has 1 unspecified atom stereocenters. The number of fused-ring (bicyclic) bond motifs is 1. The molecule has 2 fully saturated rings. The molecule has 14 heteroatoms. The fraction of sp³-hybridized carbons (Fsp3) is 0.371. The summed E-state index contributed by atoms with van der Waals surface area (Å²) in [6, 6.07) is 15.4. The van der Waals surface area contributed by atoms with Crippen LogP contribution in [-0.4, -0.2) is 58.5 Å². The molecule has 1 aliphatic carbocycles. The van der Waals surface area contributed by atoms with Crippen molar-refractivity contribution < 1.29 is 19.1 Å². The Bertz CT molecular complexity index is 1920. The third-order valence-corrected chi connectivity index (χ3v) is 9.43. The van der Waals surface area contributed by atoms with E-state index in [1.165, 1.54) is 11.6 Å². The number of carbonyl (C=O) groups excluding carboxylic acids is 3. The molecule has 2 aromatic heterocycles. The Kier molecular flexibility index (Phi) is 10.3. The summed E-state index contributed by atoms with van der Waals surface area (Å²) >= 11 is 6.46. The highest BCUT2D eigenvalue weighted by Gasteiger charge is 2.28. The highest BCUT2D eigenvalue weighted by molar-refractivity contribution is 6.32. The number of imide groups is 1. The van der Waals surface area contributed by atoms with E-state index in [0.717, 1.165) is 48.9 Å². The fourth-order valence-corrected chi connectivity index (χ4v) is 6.47. The highest BCUT2D eigenvalue weighted by Crippen LogP contribution is 2.30. The molecule has 5 N–H and O–H groups in total. The number of anilines is 4. The zero-order chi connectivity index (χ0) is 34.5. The van der Waals surface area contributed by atoms with Crippen molar-refractivity contribution in [3.63, 3.8) is 0 Å². The highest BCUT2D eigenvalue weighted by atomic mass is 35.5. The van der Waals surface area contributed by atoms with Crippen LogP contribution >= 0.6 is 11.6 Å². The van der Waals surface area contributed by atoms with E-state index >= 15 is 0 Å². The third-order valence-electron chi connectivity index (χ3n) is 9.15. The SMILES string of the molecule is CNC(=O)COc1cc2cc(Nc3nc(NCC4CCC(Nc5ccc(C6CCC(=O)NC6=O)cc5)CC4)ncc3Cl)ccc2n(C)c1=O. The summed E-state index contributed by atoms with van der Waals surface area (Å²) in [5, 5.41) is 16.2. The summed E-state index contributed by atoms with van der Waals surface area (Å²) in [5.74, 6) is 0.417. The van der Waals surface area contributed by atoms with Crippen LogP contribution in [0.5, 0.6) is 5.75 Å². The number of carbonyl (C=O) groups is 3. The molecule has 1 aliphatic heterocycles. The molecule has 0 spiro atoms. The second kappa shape index (κ2) is 14.9. The van der Waals surface area contributed by atoms with E-state index in [-0.39, 0.29) is 41.6 Å². The fourth-order valence-electron chi connectivity index (χ4n) is 6.33. The molecular formula is C35H39ClN8O5. The molecular weight excluding hydrogens is 648 g/mol. The maximum Gasteiger partial charge on any atom is 0.293 e. The average molecular weight is 687 g/mol. The number of hydrogen-bond acceptors (Lipinski definition) is 10. The van der Waals surface area contributed by atoms with Gasteiger partial charge in [0.05, 0.1) is 17.6 Å². The standard InChI is InChI=1S/C35H39ClN8O5/c1-37-31(46)19-49-29-16-22-15-25(11-13-28(22)44(2)34(29)48)41-32-27(36)18-39-35(43-32)38-17-20-3-7-23(8-4-20)40-24-9-5-21(6-10-24)26-12-14-30(45)42-33(26)47/h5-6,9-11,13,15-16,18,20,23,26,40H,3-4,7-8,12,14,17,19H2,1-2H3,(H,37,46)(H,42,45,47)(H2,38,39,41,43). The Morgan fingerprint density at radius 2 is 1.78 bits per heavy atom. The number of hydrogen-bond donors (Lipinski definition) is 5. The van der Waals surface area contributed by atoms with Gasteiger partial charge in [0.2, 0.25) is 17.8 Å². The topological polar surface area (TPSA) is 168 Å². The number of aryl methyl sites for hydroxylation is 1. The number of ether oxygens (including phenoxy) is 1. The molecule has 256 valence electrons. The largest absolute Gasteiger partial charge is 0.478 e. The Balaban J connectivity index is 1.01. The van der Waals surface area contributed by atoms with Crippen molar-refractivity contribution in [2.75, 3.05) is 36.1 Å². The predicted molar refractivity (Wildman–Crippen MR) is 189 cm³/mol. The smallest absolute Gasteiger partial charge is 0.293 e. The first-order valence-electron chi connectivity index (χ1n) is 16.4. The number of piperidine rings is 1. The normalized spacial score (nSPS) is 19.2. The number of benzene rings is 2. The zero-order valence-corrected chi connectivity index (χ0v) is 28.1. The minimum absolute atomic E-state index is 0.0767. The van der Waals surface area contributed by atoms with Crippen molar-refractivity contribution in [1.29, 1.82) is 0 Å². The summed E-state index contributed by atoms with van der Waals surface area (Å²) in [6.07, 6.45) is 6.62. The van der Waals surface area contributed by atoms with Crippen molar-refractivity contribution >= 4 is 63.4 Å². The first kappa shape index (κ1) is 33.7. The van der Waals surface area contributed by atoms with Crippen LogP contribution in [0.4, 0.5) is 23.1 Å². The minimum atomic E-state index is -0.338. The molecule has 1 saturated carbocycles. The average Bonchev–Trinajstić information content (AvgIpc) is 3.10. The molecule has 0 bridgehead atoms. The lowest BCUT2D eigenvalue weighted by atomic mass is 9.86. The second-order valence-electron chi connectivity index (χ2n) is 12.5.